The van der Waals surface area contributed by atoms with E-state index in [2.05, 4.69) is 41.3 Å². The standard InChI is InChI=1S/C13H22N2S2/c1-3-13-15-11(9-17-13)8-14-10-5-6-12(7-10)16-4-2/h9-10,12,14H,3-8H2,1-2H3. The van der Waals surface area contributed by atoms with Gasteiger partial charge in [-0.3, -0.25) is 0 Å². The molecule has 0 aromatic carbocycles. The van der Waals surface area contributed by atoms with Crippen LogP contribution in [0.2, 0.25) is 0 Å². The summed E-state index contributed by atoms with van der Waals surface area (Å²) in [6, 6.07) is 0.714. The maximum atomic E-state index is 4.60. The van der Waals surface area contributed by atoms with Crippen molar-refractivity contribution in [2.45, 2.75) is 57.4 Å². The second-order valence-corrected chi connectivity index (χ2v) is 7.07. The Morgan fingerprint density at radius 2 is 2.35 bits per heavy atom. The molecule has 1 heterocycles. The van der Waals surface area contributed by atoms with Crippen molar-refractivity contribution in [2.24, 2.45) is 0 Å². The third-order valence-corrected chi connectivity index (χ3v) is 5.54. The molecule has 1 aromatic heterocycles. The summed E-state index contributed by atoms with van der Waals surface area (Å²) in [5.41, 5.74) is 1.22. The van der Waals surface area contributed by atoms with Gasteiger partial charge in [0.2, 0.25) is 0 Å². The molecular weight excluding hydrogens is 248 g/mol. The minimum atomic E-state index is 0.714. The number of aromatic nitrogens is 1. The fourth-order valence-corrected chi connectivity index (χ4v) is 4.24. The lowest BCUT2D eigenvalue weighted by atomic mass is 10.2. The van der Waals surface area contributed by atoms with E-state index in [9.17, 15) is 0 Å². The van der Waals surface area contributed by atoms with Crippen molar-refractivity contribution in [1.29, 1.82) is 0 Å². The molecule has 2 atom stereocenters. The van der Waals surface area contributed by atoms with Gasteiger partial charge in [-0.25, -0.2) is 4.98 Å². The van der Waals surface area contributed by atoms with Crippen LogP contribution >= 0.6 is 23.1 Å². The van der Waals surface area contributed by atoms with E-state index in [4.69, 9.17) is 0 Å². The topological polar surface area (TPSA) is 24.9 Å². The number of thiazole rings is 1. The van der Waals surface area contributed by atoms with Gasteiger partial charge in [-0.2, -0.15) is 11.8 Å². The first kappa shape index (κ1) is 13.4. The molecule has 96 valence electrons. The maximum absolute atomic E-state index is 4.60. The zero-order valence-electron chi connectivity index (χ0n) is 10.7. The van der Waals surface area contributed by atoms with Gasteiger partial charge in [-0.15, -0.1) is 11.3 Å². The smallest absolute Gasteiger partial charge is 0.0926 e. The summed E-state index contributed by atoms with van der Waals surface area (Å²) in [4.78, 5) is 4.60. The molecule has 0 radical (unpaired) electrons. The zero-order valence-corrected chi connectivity index (χ0v) is 12.4. The van der Waals surface area contributed by atoms with Crippen LogP contribution in [0, 0.1) is 0 Å². The highest BCUT2D eigenvalue weighted by Crippen LogP contribution is 2.29. The van der Waals surface area contributed by atoms with Gasteiger partial charge in [0.25, 0.3) is 0 Å². The van der Waals surface area contributed by atoms with E-state index >= 15 is 0 Å². The molecule has 1 saturated carbocycles. The molecule has 1 aromatic rings. The normalized spacial score (nSPS) is 24.4. The second kappa shape index (κ2) is 6.76. The molecule has 0 spiro atoms. The van der Waals surface area contributed by atoms with Gasteiger partial charge in [0.1, 0.15) is 0 Å². The molecule has 1 fully saturated rings. The lowest BCUT2D eigenvalue weighted by molar-refractivity contribution is 0.521. The molecule has 2 unspecified atom stereocenters. The van der Waals surface area contributed by atoms with Crippen molar-refractivity contribution < 1.29 is 0 Å². The number of nitrogens with one attached hydrogen (secondary N) is 1. The Balaban J connectivity index is 1.72. The SMILES string of the molecule is CCSC1CCC(NCc2csc(CC)n2)C1. The number of thioether (sulfide) groups is 1. The Labute approximate surface area is 113 Å². The quantitative estimate of drug-likeness (QED) is 0.857. The molecule has 0 bridgehead atoms. The Bertz CT molecular complexity index is 338. The summed E-state index contributed by atoms with van der Waals surface area (Å²) in [6.45, 7) is 5.37. The lowest BCUT2D eigenvalue weighted by Gasteiger charge is -2.11. The van der Waals surface area contributed by atoms with E-state index in [1.807, 2.05) is 0 Å². The number of nitrogens with zero attached hydrogens (tertiary/aromatic N) is 1. The molecule has 0 saturated heterocycles. The first-order chi connectivity index (χ1) is 8.31. The summed E-state index contributed by atoms with van der Waals surface area (Å²) in [5, 5.41) is 7.99. The van der Waals surface area contributed by atoms with Gasteiger partial charge in [0.15, 0.2) is 0 Å². The summed E-state index contributed by atoms with van der Waals surface area (Å²) >= 11 is 3.90. The van der Waals surface area contributed by atoms with Crippen LogP contribution in [0.3, 0.4) is 0 Å². The van der Waals surface area contributed by atoms with Gasteiger partial charge in [-0.1, -0.05) is 13.8 Å². The van der Waals surface area contributed by atoms with E-state index in [0.29, 0.717) is 6.04 Å². The average Bonchev–Trinajstić information content (AvgIpc) is 2.95. The lowest BCUT2D eigenvalue weighted by Crippen LogP contribution is -2.26. The molecule has 4 heteroatoms. The minimum absolute atomic E-state index is 0.714. The first-order valence-corrected chi connectivity index (χ1v) is 8.53. The number of aryl methyl sites for hydroxylation is 1. The van der Waals surface area contributed by atoms with Gasteiger partial charge >= 0.3 is 0 Å². The first-order valence-electron chi connectivity index (χ1n) is 6.60. The molecule has 2 nitrogen and oxygen atoms in total. The van der Waals surface area contributed by atoms with Crippen molar-refractivity contribution in [1.82, 2.24) is 10.3 Å². The minimum Gasteiger partial charge on any atom is -0.308 e. The number of rotatable bonds is 6. The Morgan fingerprint density at radius 3 is 3.06 bits per heavy atom. The Kier molecular flexibility index (Phi) is 5.32. The van der Waals surface area contributed by atoms with Crippen LogP contribution in [-0.2, 0) is 13.0 Å². The van der Waals surface area contributed by atoms with Crippen LogP contribution in [0.5, 0.6) is 0 Å². The molecule has 0 aliphatic heterocycles. The van der Waals surface area contributed by atoms with Gasteiger partial charge < -0.3 is 5.32 Å². The maximum Gasteiger partial charge on any atom is 0.0926 e. The molecule has 0 amide bonds. The summed E-state index contributed by atoms with van der Waals surface area (Å²) in [6.07, 6.45) is 5.11. The summed E-state index contributed by atoms with van der Waals surface area (Å²) in [5.74, 6) is 1.25. The van der Waals surface area contributed by atoms with Gasteiger partial charge in [0.05, 0.1) is 10.7 Å². The Hall–Kier alpha value is -0.0600. The summed E-state index contributed by atoms with van der Waals surface area (Å²) < 4.78 is 0. The van der Waals surface area contributed by atoms with Crippen LogP contribution in [0.15, 0.2) is 5.38 Å². The van der Waals surface area contributed by atoms with Crippen molar-refractivity contribution in [2.75, 3.05) is 5.75 Å². The third kappa shape index (κ3) is 3.97. The fraction of sp³-hybridized carbons (Fsp3) is 0.769. The largest absolute Gasteiger partial charge is 0.308 e. The second-order valence-electron chi connectivity index (χ2n) is 4.55. The molecule has 1 aliphatic carbocycles. The predicted molar refractivity (Wildman–Crippen MR) is 77.9 cm³/mol. The highest BCUT2D eigenvalue weighted by atomic mass is 32.2. The molecular formula is C13H22N2S2. The molecule has 2 rings (SSSR count). The molecule has 17 heavy (non-hydrogen) atoms. The third-order valence-electron chi connectivity index (χ3n) is 3.26. The van der Waals surface area contributed by atoms with Gasteiger partial charge in [0, 0.05) is 23.2 Å². The molecule has 1 aliphatic rings. The van der Waals surface area contributed by atoms with Crippen LogP contribution in [0.1, 0.15) is 43.8 Å². The number of hydrogen-bond donors (Lipinski definition) is 1. The van der Waals surface area contributed by atoms with Crippen molar-refractivity contribution >= 4 is 23.1 Å². The van der Waals surface area contributed by atoms with Gasteiger partial charge in [-0.05, 0) is 31.4 Å². The van der Waals surface area contributed by atoms with Crippen LogP contribution < -0.4 is 5.32 Å². The highest BCUT2D eigenvalue weighted by molar-refractivity contribution is 7.99. The zero-order chi connectivity index (χ0) is 12.1. The fourth-order valence-electron chi connectivity index (χ4n) is 2.35. The monoisotopic (exact) mass is 270 g/mol. The average molecular weight is 270 g/mol. The van der Waals surface area contributed by atoms with E-state index in [0.717, 1.165) is 18.2 Å². The Morgan fingerprint density at radius 1 is 1.47 bits per heavy atom. The van der Waals surface area contributed by atoms with Crippen LogP contribution in [-0.4, -0.2) is 22.0 Å². The van der Waals surface area contributed by atoms with E-state index < -0.39 is 0 Å². The summed E-state index contributed by atoms with van der Waals surface area (Å²) in [7, 11) is 0. The van der Waals surface area contributed by atoms with E-state index in [1.165, 1.54) is 35.7 Å². The van der Waals surface area contributed by atoms with E-state index in [-0.39, 0.29) is 0 Å². The van der Waals surface area contributed by atoms with Crippen LogP contribution in [0.25, 0.3) is 0 Å². The van der Waals surface area contributed by atoms with E-state index in [1.54, 1.807) is 11.3 Å². The highest BCUT2D eigenvalue weighted by Gasteiger charge is 2.23. The van der Waals surface area contributed by atoms with Crippen molar-refractivity contribution in [3.8, 4) is 0 Å². The van der Waals surface area contributed by atoms with Crippen molar-refractivity contribution in [3.05, 3.63) is 16.1 Å². The van der Waals surface area contributed by atoms with Crippen molar-refractivity contribution in [3.63, 3.8) is 0 Å². The number of hydrogen-bond acceptors (Lipinski definition) is 4. The van der Waals surface area contributed by atoms with Crippen LogP contribution in [0.4, 0.5) is 0 Å². The predicted octanol–water partition coefficient (Wildman–Crippen LogP) is 3.47. The molecule has 1 N–H and O–H groups in total.